The number of ether oxygens (including phenoxy) is 2. The summed E-state index contributed by atoms with van der Waals surface area (Å²) in [4.78, 5) is 13.2. The highest BCUT2D eigenvalue weighted by Gasteiger charge is 2.37. The normalized spacial score (nSPS) is 18.3. The van der Waals surface area contributed by atoms with Crippen molar-refractivity contribution in [2.75, 3.05) is 17.7 Å². The van der Waals surface area contributed by atoms with Crippen LogP contribution in [0.2, 0.25) is 0 Å². The molecule has 2 aromatic rings. The lowest BCUT2D eigenvalue weighted by molar-refractivity contribution is -0.123. The number of carbonyl (C=O) groups excluding carboxylic acids is 1. The first-order valence-electron chi connectivity index (χ1n) is 10.1. The highest BCUT2D eigenvalue weighted by molar-refractivity contribution is 7.92. The summed E-state index contributed by atoms with van der Waals surface area (Å²) in [7, 11) is -2.17. The fourth-order valence-electron chi connectivity index (χ4n) is 3.93. The molecule has 2 atom stereocenters. The highest BCUT2D eigenvalue weighted by Crippen LogP contribution is 2.40. The van der Waals surface area contributed by atoms with Gasteiger partial charge in [-0.05, 0) is 58.0 Å². The Kier molecular flexibility index (Phi) is 6.23. The van der Waals surface area contributed by atoms with Crippen molar-refractivity contribution in [1.82, 2.24) is 5.32 Å². The highest BCUT2D eigenvalue weighted by atomic mass is 32.2. The molecule has 1 aliphatic heterocycles. The molecular formula is C23H30N2O5S. The maximum absolute atomic E-state index is 13.2. The van der Waals surface area contributed by atoms with Crippen LogP contribution in [-0.2, 0) is 14.8 Å². The number of sulfonamides is 1. The lowest BCUT2D eigenvalue weighted by atomic mass is 9.89. The van der Waals surface area contributed by atoms with Crippen LogP contribution in [0.25, 0.3) is 0 Å². The van der Waals surface area contributed by atoms with Crippen LogP contribution >= 0.6 is 0 Å². The van der Waals surface area contributed by atoms with Crippen molar-refractivity contribution >= 4 is 21.6 Å². The van der Waals surface area contributed by atoms with Crippen molar-refractivity contribution in [1.29, 1.82) is 0 Å². The molecule has 1 heterocycles. The SMILES string of the molecule is COc1ccc(N([C@H](C)C(=O)N[C@H]2CC(C)(C)Oc3ccc(C)cc32)S(C)(=O)=O)cc1. The number of nitrogens with zero attached hydrogens (tertiary/aromatic N) is 1. The summed E-state index contributed by atoms with van der Waals surface area (Å²) < 4.78 is 37.5. The van der Waals surface area contributed by atoms with E-state index in [4.69, 9.17) is 9.47 Å². The van der Waals surface area contributed by atoms with E-state index in [1.807, 2.05) is 39.0 Å². The molecule has 0 fully saturated rings. The summed E-state index contributed by atoms with van der Waals surface area (Å²) in [6, 6.07) is 11.2. The monoisotopic (exact) mass is 446 g/mol. The third kappa shape index (κ3) is 5.12. The van der Waals surface area contributed by atoms with Gasteiger partial charge in [0.1, 0.15) is 23.1 Å². The van der Waals surface area contributed by atoms with E-state index in [0.717, 1.165) is 27.4 Å². The molecule has 31 heavy (non-hydrogen) atoms. The Morgan fingerprint density at radius 3 is 2.45 bits per heavy atom. The van der Waals surface area contributed by atoms with Gasteiger partial charge < -0.3 is 14.8 Å². The van der Waals surface area contributed by atoms with E-state index in [9.17, 15) is 13.2 Å². The average Bonchev–Trinajstić information content (AvgIpc) is 2.67. The van der Waals surface area contributed by atoms with Gasteiger partial charge in [0.05, 0.1) is 25.1 Å². The smallest absolute Gasteiger partial charge is 0.244 e. The molecule has 0 aliphatic carbocycles. The van der Waals surface area contributed by atoms with Crippen LogP contribution in [0.1, 0.15) is 44.4 Å². The van der Waals surface area contributed by atoms with E-state index in [0.29, 0.717) is 17.9 Å². The molecule has 2 aromatic carbocycles. The van der Waals surface area contributed by atoms with Crippen LogP contribution in [-0.4, -0.2) is 39.3 Å². The van der Waals surface area contributed by atoms with Crippen LogP contribution < -0.4 is 19.1 Å². The Balaban J connectivity index is 1.89. The molecule has 0 spiro atoms. The number of aryl methyl sites for hydroxylation is 1. The molecule has 0 saturated heterocycles. The van der Waals surface area contributed by atoms with Crippen LogP contribution in [0, 0.1) is 6.92 Å². The number of rotatable bonds is 6. The fraction of sp³-hybridized carbons (Fsp3) is 0.435. The number of fused-ring (bicyclic) bond motifs is 1. The van der Waals surface area contributed by atoms with E-state index in [-0.39, 0.29) is 11.9 Å². The first-order valence-corrected chi connectivity index (χ1v) is 12.0. The number of hydrogen-bond donors (Lipinski definition) is 1. The van der Waals surface area contributed by atoms with Crippen LogP contribution in [0.4, 0.5) is 5.69 Å². The standard InChI is InChI=1S/C23H30N2O5S/c1-15-7-12-21-19(13-15)20(14-23(3,4)30-21)24-22(26)16(2)25(31(6,27)28)17-8-10-18(29-5)11-9-17/h7-13,16,20H,14H2,1-6H3,(H,24,26)/t16-,20+/m1/s1. The van der Waals surface area contributed by atoms with Gasteiger partial charge in [-0.3, -0.25) is 9.10 Å². The molecule has 0 bridgehead atoms. The largest absolute Gasteiger partial charge is 0.497 e. The predicted molar refractivity (Wildman–Crippen MR) is 121 cm³/mol. The molecule has 1 aliphatic rings. The molecule has 7 nitrogen and oxygen atoms in total. The lowest BCUT2D eigenvalue weighted by Crippen LogP contribution is -2.50. The Hall–Kier alpha value is -2.74. The maximum atomic E-state index is 13.2. The quantitative estimate of drug-likeness (QED) is 0.733. The van der Waals surface area contributed by atoms with Gasteiger partial charge in [-0.2, -0.15) is 0 Å². The fourth-order valence-corrected chi connectivity index (χ4v) is 5.11. The van der Waals surface area contributed by atoms with Gasteiger partial charge in [-0.1, -0.05) is 17.7 Å². The molecule has 1 N–H and O–H groups in total. The molecule has 168 valence electrons. The van der Waals surface area contributed by atoms with Crippen molar-refractivity contribution < 1.29 is 22.7 Å². The van der Waals surface area contributed by atoms with Crippen molar-refractivity contribution in [2.24, 2.45) is 0 Å². The molecular weight excluding hydrogens is 416 g/mol. The molecule has 0 aromatic heterocycles. The van der Waals surface area contributed by atoms with Gasteiger partial charge in [0.25, 0.3) is 0 Å². The van der Waals surface area contributed by atoms with Crippen molar-refractivity contribution in [2.45, 2.75) is 51.8 Å². The first-order chi connectivity index (χ1) is 14.4. The van der Waals surface area contributed by atoms with Gasteiger partial charge in [0.15, 0.2) is 0 Å². The molecule has 3 rings (SSSR count). The first kappa shape index (κ1) is 22.9. The Bertz CT molecular complexity index is 1060. The lowest BCUT2D eigenvalue weighted by Gasteiger charge is -2.39. The second kappa shape index (κ2) is 8.42. The average molecular weight is 447 g/mol. The number of amides is 1. The summed E-state index contributed by atoms with van der Waals surface area (Å²) in [5, 5.41) is 3.05. The minimum absolute atomic E-state index is 0.286. The van der Waals surface area contributed by atoms with Crippen molar-refractivity contribution in [3.8, 4) is 11.5 Å². The van der Waals surface area contributed by atoms with Crippen molar-refractivity contribution in [3.63, 3.8) is 0 Å². The van der Waals surface area contributed by atoms with E-state index in [1.54, 1.807) is 31.2 Å². The van der Waals surface area contributed by atoms with Gasteiger partial charge in [-0.15, -0.1) is 0 Å². The Morgan fingerprint density at radius 2 is 1.87 bits per heavy atom. The van der Waals surface area contributed by atoms with Gasteiger partial charge in [0.2, 0.25) is 15.9 Å². The zero-order valence-electron chi connectivity index (χ0n) is 18.8. The maximum Gasteiger partial charge on any atom is 0.244 e. The van der Waals surface area contributed by atoms with E-state index in [2.05, 4.69) is 5.32 Å². The van der Waals surface area contributed by atoms with E-state index < -0.39 is 21.7 Å². The summed E-state index contributed by atoms with van der Waals surface area (Å²) in [6.07, 6.45) is 1.67. The number of hydrogen-bond acceptors (Lipinski definition) is 5. The van der Waals surface area contributed by atoms with E-state index in [1.165, 1.54) is 7.11 Å². The third-order valence-electron chi connectivity index (χ3n) is 5.35. The van der Waals surface area contributed by atoms with E-state index >= 15 is 0 Å². The second-order valence-corrected chi connectivity index (χ2v) is 10.5. The minimum atomic E-state index is -3.71. The third-order valence-corrected chi connectivity index (χ3v) is 6.60. The number of methoxy groups -OCH3 is 1. The van der Waals surface area contributed by atoms with Crippen LogP contribution in [0.3, 0.4) is 0 Å². The van der Waals surface area contributed by atoms with Gasteiger partial charge in [0, 0.05) is 12.0 Å². The molecule has 0 unspecified atom stereocenters. The summed E-state index contributed by atoms with van der Waals surface area (Å²) in [6.45, 7) is 7.51. The Labute approximate surface area is 184 Å². The van der Waals surface area contributed by atoms with Crippen LogP contribution in [0.5, 0.6) is 11.5 Å². The van der Waals surface area contributed by atoms with Gasteiger partial charge >= 0.3 is 0 Å². The number of benzene rings is 2. The molecule has 0 radical (unpaired) electrons. The molecule has 8 heteroatoms. The van der Waals surface area contributed by atoms with Gasteiger partial charge in [-0.25, -0.2) is 8.42 Å². The summed E-state index contributed by atoms with van der Waals surface area (Å²) in [5.74, 6) is 0.956. The summed E-state index contributed by atoms with van der Waals surface area (Å²) in [5.41, 5.74) is 1.89. The second-order valence-electron chi connectivity index (χ2n) is 8.60. The zero-order chi connectivity index (χ0) is 23.0. The summed E-state index contributed by atoms with van der Waals surface area (Å²) >= 11 is 0. The minimum Gasteiger partial charge on any atom is -0.497 e. The number of nitrogens with one attached hydrogen (secondary N) is 1. The Morgan fingerprint density at radius 1 is 1.23 bits per heavy atom. The van der Waals surface area contributed by atoms with Crippen LogP contribution in [0.15, 0.2) is 42.5 Å². The number of carbonyl (C=O) groups is 1. The topological polar surface area (TPSA) is 84.9 Å². The predicted octanol–water partition coefficient (Wildman–Crippen LogP) is 3.58. The molecule has 0 saturated carbocycles. The number of anilines is 1. The van der Waals surface area contributed by atoms with Crippen molar-refractivity contribution in [3.05, 3.63) is 53.6 Å². The zero-order valence-corrected chi connectivity index (χ0v) is 19.6. The molecule has 1 amide bonds.